The number of furan rings is 1. The van der Waals surface area contributed by atoms with E-state index in [0.29, 0.717) is 25.2 Å². The molecular weight excluding hydrogens is 330 g/mol. The fourth-order valence-corrected chi connectivity index (χ4v) is 4.18. The molecule has 2 saturated heterocycles. The third-order valence-electron chi connectivity index (χ3n) is 5.72. The molecule has 0 bridgehead atoms. The quantitative estimate of drug-likeness (QED) is 0.851. The smallest absolute Gasteiger partial charge is 0.257 e. The summed E-state index contributed by atoms with van der Waals surface area (Å²) in [7, 11) is 0. The Labute approximate surface area is 152 Å². The third-order valence-corrected chi connectivity index (χ3v) is 5.72. The second-order valence-corrected chi connectivity index (χ2v) is 7.27. The monoisotopic (exact) mass is 353 g/mol. The van der Waals surface area contributed by atoms with Gasteiger partial charge in [-0.15, -0.1) is 0 Å². The van der Waals surface area contributed by atoms with Gasteiger partial charge >= 0.3 is 0 Å². The molecular formula is C20H23N3O3. The van der Waals surface area contributed by atoms with Crippen LogP contribution in [0.4, 0.5) is 0 Å². The number of hydrogen-bond donors (Lipinski definition) is 0. The first-order valence-electron chi connectivity index (χ1n) is 9.18. The topological polar surface area (TPSA) is 66.7 Å². The van der Waals surface area contributed by atoms with E-state index < -0.39 is 0 Å². The van der Waals surface area contributed by atoms with Gasteiger partial charge in [-0.1, -0.05) is 0 Å². The molecule has 0 N–H and O–H groups in total. The molecule has 4 heterocycles. The van der Waals surface area contributed by atoms with Gasteiger partial charge in [-0.05, 0) is 49.4 Å². The Kier molecular flexibility index (Phi) is 4.49. The molecule has 0 saturated carbocycles. The number of amides is 2. The zero-order valence-corrected chi connectivity index (χ0v) is 14.8. The van der Waals surface area contributed by atoms with Gasteiger partial charge in [-0.3, -0.25) is 14.6 Å². The summed E-state index contributed by atoms with van der Waals surface area (Å²) in [5.74, 6) is 0.238. The normalized spacial score (nSPS) is 23.5. The Balaban J connectivity index is 1.43. The van der Waals surface area contributed by atoms with E-state index in [1.165, 1.54) is 12.5 Å². The van der Waals surface area contributed by atoms with Crippen LogP contribution in [0.1, 0.15) is 41.6 Å². The Bertz CT molecular complexity index is 775. The molecule has 2 fully saturated rings. The standard InChI is InChI=1S/C20H23N3O3/c24-18(17-4-13-26-15-17)22-10-1-5-20(6-11-22)7-12-23(19(20)25)14-16-2-8-21-9-3-16/h2-4,8-9,13,15H,1,5-7,10-12,14H2/t20-/m0/s1. The number of aromatic nitrogens is 1. The molecule has 1 spiro atoms. The Morgan fingerprint density at radius 1 is 1.12 bits per heavy atom. The Morgan fingerprint density at radius 2 is 1.92 bits per heavy atom. The van der Waals surface area contributed by atoms with E-state index >= 15 is 0 Å². The van der Waals surface area contributed by atoms with Crippen LogP contribution in [0, 0.1) is 5.41 Å². The molecule has 0 radical (unpaired) electrons. The first kappa shape index (κ1) is 16.8. The second-order valence-electron chi connectivity index (χ2n) is 7.27. The van der Waals surface area contributed by atoms with E-state index in [-0.39, 0.29) is 17.2 Å². The van der Waals surface area contributed by atoms with Crippen LogP contribution < -0.4 is 0 Å². The van der Waals surface area contributed by atoms with Gasteiger partial charge in [0.25, 0.3) is 5.91 Å². The highest BCUT2D eigenvalue weighted by atomic mass is 16.3. The van der Waals surface area contributed by atoms with E-state index in [1.807, 2.05) is 21.9 Å². The van der Waals surface area contributed by atoms with Gasteiger partial charge in [0, 0.05) is 38.6 Å². The molecule has 2 aliphatic heterocycles. The van der Waals surface area contributed by atoms with Crippen molar-refractivity contribution in [1.82, 2.24) is 14.8 Å². The molecule has 0 aromatic carbocycles. The lowest BCUT2D eigenvalue weighted by atomic mass is 9.79. The lowest BCUT2D eigenvalue weighted by molar-refractivity contribution is -0.137. The van der Waals surface area contributed by atoms with E-state index in [9.17, 15) is 9.59 Å². The minimum absolute atomic E-state index is 0.00473. The van der Waals surface area contributed by atoms with Crippen LogP contribution in [0.15, 0.2) is 47.5 Å². The molecule has 0 aliphatic carbocycles. The molecule has 2 amide bonds. The van der Waals surface area contributed by atoms with Gasteiger partial charge in [-0.2, -0.15) is 0 Å². The summed E-state index contributed by atoms with van der Waals surface area (Å²) in [6.07, 6.45) is 9.86. The second kappa shape index (κ2) is 6.94. The molecule has 1 atom stereocenters. The number of hydrogen-bond acceptors (Lipinski definition) is 4. The first-order valence-corrected chi connectivity index (χ1v) is 9.18. The first-order chi connectivity index (χ1) is 12.7. The molecule has 26 heavy (non-hydrogen) atoms. The van der Waals surface area contributed by atoms with Crippen molar-refractivity contribution in [3.8, 4) is 0 Å². The third kappa shape index (κ3) is 3.11. The van der Waals surface area contributed by atoms with Gasteiger partial charge in [-0.25, -0.2) is 0 Å². The fraction of sp³-hybridized carbons (Fsp3) is 0.450. The lowest BCUT2D eigenvalue weighted by Crippen LogP contribution is -2.36. The fourth-order valence-electron chi connectivity index (χ4n) is 4.18. The predicted octanol–water partition coefficient (Wildman–Crippen LogP) is 2.72. The maximum atomic E-state index is 13.1. The summed E-state index contributed by atoms with van der Waals surface area (Å²) in [4.78, 5) is 33.6. The van der Waals surface area contributed by atoms with Crippen LogP contribution in [0.25, 0.3) is 0 Å². The SMILES string of the molecule is O=C(c1ccoc1)N1CCC[C@]2(CC1)CCN(Cc1ccncc1)C2=O. The molecule has 6 nitrogen and oxygen atoms in total. The van der Waals surface area contributed by atoms with Gasteiger partial charge in [0.05, 0.1) is 17.2 Å². The van der Waals surface area contributed by atoms with E-state index in [0.717, 1.165) is 37.8 Å². The highest BCUT2D eigenvalue weighted by molar-refractivity contribution is 5.94. The van der Waals surface area contributed by atoms with Crippen molar-refractivity contribution in [3.05, 3.63) is 54.2 Å². The molecule has 2 aromatic heterocycles. The van der Waals surface area contributed by atoms with Gasteiger partial charge in [0.15, 0.2) is 0 Å². The van der Waals surface area contributed by atoms with Crippen molar-refractivity contribution in [1.29, 1.82) is 0 Å². The Hall–Kier alpha value is -2.63. The van der Waals surface area contributed by atoms with Crippen molar-refractivity contribution in [2.75, 3.05) is 19.6 Å². The van der Waals surface area contributed by atoms with Crippen LogP contribution in [0.5, 0.6) is 0 Å². The van der Waals surface area contributed by atoms with Crippen LogP contribution in [-0.2, 0) is 11.3 Å². The van der Waals surface area contributed by atoms with Crippen molar-refractivity contribution in [2.45, 2.75) is 32.2 Å². The minimum atomic E-state index is -0.307. The Morgan fingerprint density at radius 3 is 2.69 bits per heavy atom. The summed E-state index contributed by atoms with van der Waals surface area (Å²) >= 11 is 0. The molecule has 2 aliphatic rings. The van der Waals surface area contributed by atoms with Crippen LogP contribution >= 0.6 is 0 Å². The maximum Gasteiger partial charge on any atom is 0.257 e. The average molecular weight is 353 g/mol. The number of likely N-dealkylation sites (tertiary alicyclic amines) is 2. The van der Waals surface area contributed by atoms with Crippen molar-refractivity contribution >= 4 is 11.8 Å². The molecule has 0 unspecified atom stereocenters. The van der Waals surface area contributed by atoms with Crippen LogP contribution in [0.3, 0.4) is 0 Å². The van der Waals surface area contributed by atoms with Crippen LogP contribution in [0.2, 0.25) is 0 Å². The summed E-state index contributed by atoms with van der Waals surface area (Å²) in [6.45, 7) is 2.75. The molecule has 2 aromatic rings. The molecule has 136 valence electrons. The zero-order valence-electron chi connectivity index (χ0n) is 14.8. The van der Waals surface area contributed by atoms with Crippen molar-refractivity contribution in [3.63, 3.8) is 0 Å². The summed E-state index contributed by atoms with van der Waals surface area (Å²) in [5.41, 5.74) is 1.38. The van der Waals surface area contributed by atoms with E-state index in [4.69, 9.17) is 4.42 Å². The summed E-state index contributed by atoms with van der Waals surface area (Å²) < 4.78 is 5.03. The van der Waals surface area contributed by atoms with Crippen molar-refractivity contribution in [2.24, 2.45) is 5.41 Å². The van der Waals surface area contributed by atoms with Gasteiger partial charge < -0.3 is 14.2 Å². The van der Waals surface area contributed by atoms with Crippen LogP contribution in [-0.4, -0.2) is 46.2 Å². The zero-order chi connectivity index (χ0) is 18.0. The molecule has 6 heteroatoms. The van der Waals surface area contributed by atoms with Gasteiger partial charge in [0.1, 0.15) is 6.26 Å². The summed E-state index contributed by atoms with van der Waals surface area (Å²) in [6, 6.07) is 5.60. The summed E-state index contributed by atoms with van der Waals surface area (Å²) in [5, 5.41) is 0. The number of nitrogens with zero attached hydrogens (tertiary/aromatic N) is 3. The van der Waals surface area contributed by atoms with Gasteiger partial charge in [0.2, 0.25) is 5.91 Å². The molecule has 4 rings (SSSR count). The maximum absolute atomic E-state index is 13.1. The number of rotatable bonds is 3. The highest BCUT2D eigenvalue weighted by Crippen LogP contribution is 2.42. The lowest BCUT2D eigenvalue weighted by Gasteiger charge is -2.26. The number of carbonyl (C=O) groups excluding carboxylic acids is 2. The van der Waals surface area contributed by atoms with E-state index in [1.54, 1.807) is 18.5 Å². The van der Waals surface area contributed by atoms with Crippen molar-refractivity contribution < 1.29 is 14.0 Å². The number of pyridine rings is 1. The average Bonchev–Trinajstić information content (AvgIpc) is 3.23. The predicted molar refractivity (Wildman–Crippen MR) is 95.2 cm³/mol. The number of carbonyl (C=O) groups is 2. The largest absolute Gasteiger partial charge is 0.472 e. The minimum Gasteiger partial charge on any atom is -0.472 e. The van der Waals surface area contributed by atoms with E-state index in [2.05, 4.69) is 4.98 Å². The highest BCUT2D eigenvalue weighted by Gasteiger charge is 2.47.